The topological polar surface area (TPSA) is 79.3 Å². The highest BCUT2D eigenvalue weighted by molar-refractivity contribution is 5.73. The highest BCUT2D eigenvalue weighted by Gasteiger charge is 2.45. The maximum atomic E-state index is 13.8. The maximum absolute atomic E-state index is 13.8. The molecular weight excluding hydrogens is 673 g/mol. The first kappa shape index (κ1) is 49.0. The summed E-state index contributed by atoms with van der Waals surface area (Å²) in [5.74, 6) is -0.114. The standard InChI is InChI=1S/C47H90N2O5/c1-5-9-13-17-22-28-42(29-23-18-14-10-6-2)45(51)53-38-44(49-36-33-47(41-49)32-35-48(40-47)34-26-21-27-37-50)39-54-46(52)43(30-24-19-15-11-7-3)31-25-20-16-12-8-4/h42-44,50H,5-41H2,1-4H3. The minimum Gasteiger partial charge on any atom is -0.464 e. The second-order valence-electron chi connectivity index (χ2n) is 17.7. The van der Waals surface area contributed by atoms with Gasteiger partial charge in [-0.15, -0.1) is 0 Å². The van der Waals surface area contributed by atoms with Gasteiger partial charge in [-0.05, 0) is 82.8 Å². The SMILES string of the molecule is CCCCCCCC(CCCCCCC)C(=O)OCC(COC(=O)C(CCCCCCC)CCCCCCC)N1CCC2(CCN(CCCCCO)C2)C1. The van der Waals surface area contributed by atoms with Crippen molar-refractivity contribution in [3.8, 4) is 0 Å². The number of rotatable bonds is 36. The van der Waals surface area contributed by atoms with Crippen molar-refractivity contribution >= 4 is 11.9 Å². The predicted octanol–water partition coefficient (Wildman–Crippen LogP) is 11.7. The number of unbranched alkanes of at least 4 members (excludes halogenated alkanes) is 18. The Kier molecular flexibility index (Phi) is 28.9. The molecular formula is C47H90N2O5. The zero-order valence-corrected chi connectivity index (χ0v) is 36.4. The van der Waals surface area contributed by atoms with Gasteiger partial charge in [-0.1, -0.05) is 156 Å². The molecule has 7 nitrogen and oxygen atoms in total. The molecule has 1 spiro atoms. The Morgan fingerprint density at radius 2 is 0.944 bits per heavy atom. The fourth-order valence-electron chi connectivity index (χ4n) is 9.05. The monoisotopic (exact) mass is 763 g/mol. The van der Waals surface area contributed by atoms with Crippen LogP contribution in [-0.2, 0) is 19.1 Å². The van der Waals surface area contributed by atoms with E-state index in [1.54, 1.807) is 0 Å². The number of ether oxygens (including phenoxy) is 2. The summed E-state index contributed by atoms with van der Waals surface area (Å²) in [5, 5.41) is 9.21. The Morgan fingerprint density at radius 3 is 1.37 bits per heavy atom. The third-order valence-electron chi connectivity index (χ3n) is 12.8. The smallest absolute Gasteiger partial charge is 0.308 e. The first-order valence-electron chi connectivity index (χ1n) is 23.8. The molecule has 0 amide bonds. The van der Waals surface area contributed by atoms with Gasteiger partial charge in [-0.2, -0.15) is 0 Å². The van der Waals surface area contributed by atoms with E-state index in [2.05, 4.69) is 37.5 Å². The lowest BCUT2D eigenvalue weighted by Crippen LogP contribution is -2.44. The quantitative estimate of drug-likeness (QED) is 0.0503. The molecule has 54 heavy (non-hydrogen) atoms. The second kappa shape index (κ2) is 31.9. The number of esters is 2. The largest absolute Gasteiger partial charge is 0.464 e. The van der Waals surface area contributed by atoms with Crippen molar-refractivity contribution in [3.63, 3.8) is 0 Å². The van der Waals surface area contributed by atoms with Crippen LogP contribution in [0.4, 0.5) is 0 Å². The molecule has 0 aromatic heterocycles. The highest BCUT2D eigenvalue weighted by Crippen LogP contribution is 2.40. The lowest BCUT2D eigenvalue weighted by molar-refractivity contribution is -0.155. The van der Waals surface area contributed by atoms with Crippen molar-refractivity contribution in [2.75, 3.05) is 52.5 Å². The molecule has 2 fully saturated rings. The van der Waals surface area contributed by atoms with Gasteiger partial charge in [-0.25, -0.2) is 0 Å². The summed E-state index contributed by atoms with van der Waals surface area (Å²) in [4.78, 5) is 32.7. The molecule has 0 aromatic carbocycles. The normalized spacial score (nSPS) is 17.9. The number of nitrogens with zero attached hydrogens (tertiary/aromatic N) is 2. The summed E-state index contributed by atoms with van der Waals surface area (Å²) >= 11 is 0. The van der Waals surface area contributed by atoms with Crippen LogP contribution in [0.25, 0.3) is 0 Å². The molecule has 0 aliphatic carbocycles. The van der Waals surface area contributed by atoms with Crippen LogP contribution in [0.15, 0.2) is 0 Å². The minimum absolute atomic E-state index is 0.0274. The Balaban J connectivity index is 2.10. The molecule has 1 unspecified atom stereocenters. The highest BCUT2D eigenvalue weighted by atomic mass is 16.5. The number of likely N-dealkylation sites (tertiary alicyclic amines) is 2. The van der Waals surface area contributed by atoms with Crippen LogP contribution in [0, 0.1) is 17.3 Å². The van der Waals surface area contributed by atoms with Crippen LogP contribution in [0.5, 0.6) is 0 Å². The Morgan fingerprint density at radius 1 is 0.537 bits per heavy atom. The second-order valence-corrected chi connectivity index (χ2v) is 17.7. The van der Waals surface area contributed by atoms with Gasteiger partial charge in [0, 0.05) is 19.7 Å². The van der Waals surface area contributed by atoms with Crippen LogP contribution in [0.3, 0.4) is 0 Å². The van der Waals surface area contributed by atoms with E-state index in [9.17, 15) is 14.7 Å². The van der Waals surface area contributed by atoms with Gasteiger partial charge in [0.25, 0.3) is 0 Å². The Bertz CT molecular complexity index is 841. The van der Waals surface area contributed by atoms with Crippen LogP contribution in [-0.4, -0.2) is 85.4 Å². The number of aliphatic hydroxyl groups is 1. The summed E-state index contributed by atoms with van der Waals surface area (Å²) in [7, 11) is 0. The van der Waals surface area contributed by atoms with E-state index in [1.165, 1.54) is 109 Å². The number of hydrogen-bond acceptors (Lipinski definition) is 7. The van der Waals surface area contributed by atoms with Crippen LogP contribution in [0.1, 0.15) is 214 Å². The van der Waals surface area contributed by atoms with Gasteiger partial charge in [0.2, 0.25) is 0 Å². The number of carbonyl (C=O) groups excluding carboxylic acids is 2. The third kappa shape index (κ3) is 21.4. The van der Waals surface area contributed by atoms with Crippen molar-refractivity contribution in [2.45, 2.75) is 220 Å². The lowest BCUT2D eigenvalue weighted by atomic mass is 9.86. The summed E-state index contributed by atoms with van der Waals surface area (Å²) in [5.41, 5.74) is 0.266. The van der Waals surface area contributed by atoms with Crippen molar-refractivity contribution < 1.29 is 24.2 Å². The van der Waals surface area contributed by atoms with Gasteiger partial charge in [-0.3, -0.25) is 14.5 Å². The lowest BCUT2D eigenvalue weighted by Gasteiger charge is -2.31. The molecule has 0 saturated carbocycles. The van der Waals surface area contributed by atoms with Gasteiger partial charge in [0.1, 0.15) is 13.2 Å². The molecule has 318 valence electrons. The average molecular weight is 763 g/mol. The Labute approximate surface area is 334 Å². The zero-order chi connectivity index (χ0) is 39.1. The van der Waals surface area contributed by atoms with Crippen LogP contribution in [0.2, 0.25) is 0 Å². The summed E-state index contributed by atoms with van der Waals surface area (Å²) < 4.78 is 12.6. The third-order valence-corrected chi connectivity index (χ3v) is 12.8. The predicted molar refractivity (Wildman–Crippen MR) is 227 cm³/mol. The van der Waals surface area contributed by atoms with E-state index in [1.807, 2.05) is 0 Å². The van der Waals surface area contributed by atoms with Crippen LogP contribution < -0.4 is 0 Å². The summed E-state index contributed by atoms with van der Waals surface area (Å²) in [6.45, 7) is 15.2. The fourth-order valence-corrected chi connectivity index (χ4v) is 9.05. The van der Waals surface area contributed by atoms with Gasteiger partial charge < -0.3 is 19.5 Å². The van der Waals surface area contributed by atoms with E-state index < -0.39 is 0 Å². The van der Waals surface area contributed by atoms with E-state index in [0.717, 1.165) is 110 Å². The molecule has 2 rings (SSSR count). The van der Waals surface area contributed by atoms with Gasteiger partial charge >= 0.3 is 11.9 Å². The van der Waals surface area contributed by atoms with Crippen molar-refractivity contribution in [1.29, 1.82) is 0 Å². The number of hydrogen-bond donors (Lipinski definition) is 1. The molecule has 1 N–H and O–H groups in total. The van der Waals surface area contributed by atoms with E-state index in [4.69, 9.17) is 9.47 Å². The van der Waals surface area contributed by atoms with E-state index in [-0.39, 0.29) is 41.8 Å². The molecule has 2 aliphatic heterocycles. The van der Waals surface area contributed by atoms with Crippen LogP contribution >= 0.6 is 0 Å². The van der Waals surface area contributed by atoms with Gasteiger partial charge in [0.15, 0.2) is 0 Å². The first-order chi connectivity index (χ1) is 26.4. The molecule has 7 heteroatoms. The number of carbonyl (C=O) groups is 2. The Hall–Kier alpha value is -1.18. The summed E-state index contributed by atoms with van der Waals surface area (Å²) in [6.07, 6.45) is 33.3. The van der Waals surface area contributed by atoms with E-state index >= 15 is 0 Å². The van der Waals surface area contributed by atoms with E-state index in [0.29, 0.717) is 13.2 Å². The minimum atomic E-state index is -0.0969. The molecule has 0 aromatic rings. The van der Waals surface area contributed by atoms with Crippen molar-refractivity contribution in [1.82, 2.24) is 9.80 Å². The average Bonchev–Trinajstić information content (AvgIpc) is 3.79. The summed E-state index contributed by atoms with van der Waals surface area (Å²) in [6, 6.07) is -0.0969. The zero-order valence-electron chi connectivity index (χ0n) is 36.4. The molecule has 0 radical (unpaired) electrons. The molecule has 1 atom stereocenters. The van der Waals surface area contributed by atoms with Crippen molar-refractivity contribution in [3.05, 3.63) is 0 Å². The van der Waals surface area contributed by atoms with Crippen molar-refractivity contribution in [2.24, 2.45) is 17.3 Å². The number of aliphatic hydroxyl groups excluding tert-OH is 1. The molecule has 2 heterocycles. The first-order valence-corrected chi connectivity index (χ1v) is 23.8. The fraction of sp³-hybridized carbons (Fsp3) is 0.957. The molecule has 2 aliphatic rings. The maximum Gasteiger partial charge on any atom is 0.308 e. The molecule has 2 saturated heterocycles. The molecule has 0 bridgehead atoms. The van der Waals surface area contributed by atoms with Gasteiger partial charge in [0.05, 0.1) is 17.9 Å².